The van der Waals surface area contributed by atoms with Crippen molar-refractivity contribution in [2.45, 2.75) is 143 Å². The third-order valence-electron chi connectivity index (χ3n) is 15.6. The van der Waals surface area contributed by atoms with Gasteiger partial charge in [-0.2, -0.15) is 0 Å². The van der Waals surface area contributed by atoms with Gasteiger partial charge in [-0.1, -0.05) is 34.6 Å². The summed E-state index contributed by atoms with van der Waals surface area (Å²) in [5.74, 6) is 0.757. The highest BCUT2D eigenvalue weighted by molar-refractivity contribution is 5.66. The number of carbonyl (C=O) groups excluding carboxylic acids is 2. The lowest BCUT2D eigenvalue weighted by molar-refractivity contribution is -0.384. The van der Waals surface area contributed by atoms with Gasteiger partial charge in [0.05, 0.1) is 28.8 Å². The van der Waals surface area contributed by atoms with E-state index in [1.807, 2.05) is 0 Å². The molecule has 6 aliphatic rings. The molecule has 0 bridgehead atoms. The Hall–Kier alpha value is -2.76. The first-order valence-electron chi connectivity index (χ1n) is 18.6. The highest BCUT2D eigenvalue weighted by atomic mass is 16.7. The number of non-ortho nitro benzene ring substituents is 1. The zero-order chi connectivity index (χ0) is 36.4. The van der Waals surface area contributed by atoms with Gasteiger partial charge in [-0.25, -0.2) is 4.79 Å². The molecule has 1 aromatic rings. The molecule has 276 valence electrons. The highest BCUT2D eigenvalue weighted by Crippen LogP contribution is 2.89. The summed E-state index contributed by atoms with van der Waals surface area (Å²) in [7, 11) is 0. The lowest BCUT2D eigenvalue weighted by atomic mass is 9.41. The van der Waals surface area contributed by atoms with E-state index in [4.69, 9.17) is 18.9 Å². The predicted octanol–water partition coefficient (Wildman–Crippen LogP) is 6.99. The lowest BCUT2D eigenvalue weighted by Crippen LogP contribution is -2.60. The van der Waals surface area contributed by atoms with Crippen LogP contribution in [0.2, 0.25) is 0 Å². The average molecular weight is 698 g/mol. The maximum atomic E-state index is 13.0. The van der Waals surface area contributed by atoms with Crippen LogP contribution >= 0.6 is 0 Å². The minimum Gasteiger partial charge on any atom is -0.457 e. The molecule has 50 heavy (non-hydrogen) atoms. The molecule has 1 unspecified atom stereocenters. The van der Waals surface area contributed by atoms with Gasteiger partial charge in [0.2, 0.25) is 0 Å². The zero-order valence-electron chi connectivity index (χ0n) is 30.8. The number of esters is 1. The van der Waals surface area contributed by atoms with Crippen molar-refractivity contribution < 1.29 is 43.7 Å². The van der Waals surface area contributed by atoms with Crippen LogP contribution in [-0.4, -0.2) is 63.4 Å². The lowest BCUT2D eigenvalue weighted by Gasteiger charge is -2.63. The Morgan fingerprint density at radius 2 is 1.66 bits per heavy atom. The smallest absolute Gasteiger partial charge is 0.457 e. The number of nitrogens with zero attached hydrogens (tertiary/aromatic N) is 1. The SMILES string of the molecule is CC(=O)O[C@@H]([C@H]1C[C@@H](C)[C@H]2[C@H](O1)[C@H](O)[C@@]1(C)[C@@H]3CC[C@H]4C(C)(C)[C@@H](OC(=O)Oc5ccc([N+](=O)[O-])cc5)CCC45C[C@@]35CC[C@]21C)C(C)(C)O. The van der Waals surface area contributed by atoms with Crippen molar-refractivity contribution in [2.75, 3.05) is 0 Å². The van der Waals surface area contributed by atoms with E-state index >= 15 is 0 Å². The molecule has 0 aromatic heterocycles. The van der Waals surface area contributed by atoms with Crippen molar-refractivity contribution in [1.29, 1.82) is 0 Å². The third-order valence-corrected chi connectivity index (χ3v) is 15.6. The van der Waals surface area contributed by atoms with Gasteiger partial charge in [-0.05, 0) is 117 Å². The fourth-order valence-corrected chi connectivity index (χ4v) is 13.4. The molecule has 13 atom stereocenters. The minimum absolute atomic E-state index is 0.0796. The Kier molecular flexibility index (Phi) is 8.10. The number of nitro benzene ring substituents is 1. The maximum absolute atomic E-state index is 13.0. The van der Waals surface area contributed by atoms with Gasteiger partial charge < -0.3 is 29.2 Å². The van der Waals surface area contributed by atoms with Gasteiger partial charge in [-0.15, -0.1) is 0 Å². The molecule has 1 saturated heterocycles. The molecular formula is C39H55NO10. The van der Waals surface area contributed by atoms with Crippen LogP contribution in [-0.2, 0) is 19.0 Å². The quantitative estimate of drug-likeness (QED) is 0.138. The summed E-state index contributed by atoms with van der Waals surface area (Å²) in [5, 5.41) is 34.5. The molecule has 5 saturated carbocycles. The average Bonchev–Trinajstić information content (AvgIpc) is 3.65. The maximum Gasteiger partial charge on any atom is 0.514 e. The Bertz CT molecular complexity index is 1550. The zero-order valence-corrected chi connectivity index (χ0v) is 30.8. The van der Waals surface area contributed by atoms with Gasteiger partial charge in [0, 0.05) is 29.9 Å². The summed E-state index contributed by atoms with van der Waals surface area (Å²) in [6.07, 6.45) is 3.95. The molecule has 1 aliphatic heterocycles. The van der Waals surface area contributed by atoms with Crippen molar-refractivity contribution in [1.82, 2.24) is 0 Å². The number of rotatable bonds is 6. The summed E-state index contributed by atoms with van der Waals surface area (Å²) < 4.78 is 23.9. The van der Waals surface area contributed by atoms with Crippen molar-refractivity contribution >= 4 is 17.8 Å². The fourth-order valence-electron chi connectivity index (χ4n) is 13.4. The molecule has 1 aromatic carbocycles. The second kappa shape index (κ2) is 11.4. The van der Waals surface area contributed by atoms with E-state index in [1.165, 1.54) is 31.2 Å². The van der Waals surface area contributed by atoms with Gasteiger partial charge in [0.15, 0.2) is 6.10 Å². The predicted molar refractivity (Wildman–Crippen MR) is 182 cm³/mol. The molecule has 1 heterocycles. The van der Waals surface area contributed by atoms with Crippen molar-refractivity contribution in [3.63, 3.8) is 0 Å². The molecule has 2 N–H and O–H groups in total. The van der Waals surface area contributed by atoms with Crippen LogP contribution < -0.4 is 4.74 Å². The van der Waals surface area contributed by atoms with Crippen molar-refractivity contribution in [3.8, 4) is 5.75 Å². The normalized spacial score (nSPS) is 44.6. The van der Waals surface area contributed by atoms with Gasteiger partial charge in [-0.3, -0.25) is 14.9 Å². The first kappa shape index (κ1) is 35.6. The Morgan fingerprint density at radius 3 is 2.28 bits per heavy atom. The second-order valence-electron chi connectivity index (χ2n) is 18.4. The molecule has 11 heteroatoms. The van der Waals surface area contributed by atoms with Crippen LogP contribution in [0.1, 0.15) is 107 Å². The van der Waals surface area contributed by atoms with Crippen LogP contribution in [0.4, 0.5) is 10.5 Å². The standard InChI is InChI=1S/C39H55NO10/c1-21-19-25(32(35(5,6)44)47-22(2)41)49-30-29(21)36(7)17-18-39-20-38(39)16-15-28(50-33(43)48-24-11-9-23(10-12-24)40(45)46)34(3,4)26(38)13-14-27(39)37(36,8)31(30)42/h9-12,21,25-32,42,44H,13-20H2,1-8H3/t21-,25-,26+,27+,28+,29+,30+,31+,32+,36-,37-,38?,39+/m1/s1. The molecular weight excluding hydrogens is 642 g/mol. The van der Waals surface area contributed by atoms with E-state index in [0.717, 1.165) is 44.9 Å². The molecule has 11 nitrogen and oxygen atoms in total. The van der Waals surface area contributed by atoms with Crippen LogP contribution in [0.15, 0.2) is 24.3 Å². The number of ether oxygens (including phenoxy) is 4. The monoisotopic (exact) mass is 697 g/mol. The topological polar surface area (TPSA) is 155 Å². The van der Waals surface area contributed by atoms with Crippen LogP contribution in [0.3, 0.4) is 0 Å². The molecule has 7 rings (SSSR count). The fraction of sp³-hybridized carbons (Fsp3) is 0.795. The number of fused-ring (bicyclic) bond motifs is 4. The van der Waals surface area contributed by atoms with Crippen LogP contribution in [0, 0.1) is 60.9 Å². The van der Waals surface area contributed by atoms with Gasteiger partial charge in [0.1, 0.15) is 11.9 Å². The van der Waals surface area contributed by atoms with Crippen LogP contribution in [0.5, 0.6) is 5.75 Å². The van der Waals surface area contributed by atoms with E-state index in [1.54, 1.807) is 13.8 Å². The third kappa shape index (κ3) is 4.84. The van der Waals surface area contributed by atoms with Crippen molar-refractivity contribution in [3.05, 3.63) is 34.4 Å². The Balaban J connectivity index is 1.10. The van der Waals surface area contributed by atoms with Gasteiger partial charge in [0.25, 0.3) is 5.69 Å². The summed E-state index contributed by atoms with van der Waals surface area (Å²) in [6.45, 7) is 16.0. The van der Waals surface area contributed by atoms with Crippen LogP contribution in [0.25, 0.3) is 0 Å². The minimum atomic E-state index is -1.30. The van der Waals surface area contributed by atoms with E-state index in [-0.39, 0.29) is 56.5 Å². The number of aliphatic hydroxyl groups excluding tert-OH is 1. The Morgan fingerprint density at radius 1 is 1.02 bits per heavy atom. The molecule has 0 radical (unpaired) electrons. The first-order chi connectivity index (χ1) is 23.2. The summed E-state index contributed by atoms with van der Waals surface area (Å²) in [5.41, 5.74) is -1.96. The molecule has 0 amide bonds. The number of nitro groups is 1. The van der Waals surface area contributed by atoms with E-state index in [0.29, 0.717) is 18.3 Å². The largest absolute Gasteiger partial charge is 0.514 e. The van der Waals surface area contributed by atoms with E-state index < -0.39 is 47.1 Å². The van der Waals surface area contributed by atoms with Crippen molar-refractivity contribution in [2.24, 2.45) is 50.7 Å². The number of hydrogen-bond donors (Lipinski definition) is 2. The number of benzene rings is 1. The number of hydrogen-bond acceptors (Lipinski definition) is 10. The second-order valence-corrected chi connectivity index (χ2v) is 18.4. The van der Waals surface area contributed by atoms with E-state index in [9.17, 15) is 29.9 Å². The molecule has 6 fully saturated rings. The summed E-state index contributed by atoms with van der Waals surface area (Å²) >= 11 is 0. The summed E-state index contributed by atoms with van der Waals surface area (Å²) in [4.78, 5) is 35.5. The number of carbonyl (C=O) groups is 2. The highest BCUT2D eigenvalue weighted by Gasteiger charge is 2.85. The Labute approximate surface area is 294 Å². The molecule has 2 spiro atoms. The van der Waals surface area contributed by atoms with Gasteiger partial charge >= 0.3 is 12.1 Å². The first-order valence-corrected chi connectivity index (χ1v) is 18.6. The molecule has 5 aliphatic carbocycles. The summed E-state index contributed by atoms with van der Waals surface area (Å²) in [6, 6.07) is 5.40. The van der Waals surface area contributed by atoms with E-state index in [2.05, 4.69) is 34.6 Å². The number of aliphatic hydroxyl groups is 2.